The van der Waals surface area contributed by atoms with E-state index in [1.54, 1.807) is 18.2 Å². The van der Waals surface area contributed by atoms with Crippen molar-refractivity contribution < 1.29 is 9.18 Å². The van der Waals surface area contributed by atoms with E-state index in [9.17, 15) is 9.18 Å². The number of benzene rings is 2. The molecule has 4 rings (SSSR count). The average Bonchev–Trinajstić information content (AvgIpc) is 3.21. The molecule has 2 N–H and O–H groups in total. The lowest BCUT2D eigenvalue weighted by Gasteiger charge is -2.15. The van der Waals surface area contributed by atoms with Crippen molar-refractivity contribution in [2.45, 2.75) is 31.7 Å². The van der Waals surface area contributed by atoms with Crippen molar-refractivity contribution in [1.82, 2.24) is 9.97 Å². The molecule has 1 aliphatic rings. The Kier molecular flexibility index (Phi) is 5.28. The number of aromatic nitrogens is 2. The zero-order valence-electron chi connectivity index (χ0n) is 15.4. The first kappa shape index (κ1) is 18.1. The van der Waals surface area contributed by atoms with Crippen molar-refractivity contribution in [3.63, 3.8) is 0 Å². The van der Waals surface area contributed by atoms with Gasteiger partial charge in [0.1, 0.15) is 17.3 Å². The standard InChI is InChI=1S/C22H21FN4O/c23-16-9-6-12-18(13-16)25-22(28)19-14-20(24-17-10-4-5-11-17)27-21(26-19)15-7-2-1-3-8-15/h1-3,6-9,12-14,17H,4-5,10-11H2,(H,25,28)(H,24,26,27). The molecule has 0 bridgehead atoms. The van der Waals surface area contributed by atoms with Gasteiger partial charge in [0.15, 0.2) is 5.82 Å². The second-order valence-corrected chi connectivity index (χ2v) is 6.92. The lowest BCUT2D eigenvalue weighted by molar-refractivity contribution is 0.102. The largest absolute Gasteiger partial charge is 0.367 e. The highest BCUT2D eigenvalue weighted by Gasteiger charge is 2.18. The number of amides is 1. The summed E-state index contributed by atoms with van der Waals surface area (Å²) in [5.74, 6) is 0.298. The summed E-state index contributed by atoms with van der Waals surface area (Å²) in [6.45, 7) is 0. The number of nitrogens with one attached hydrogen (secondary N) is 2. The number of hydrogen-bond donors (Lipinski definition) is 2. The molecule has 0 unspecified atom stereocenters. The van der Waals surface area contributed by atoms with Crippen LogP contribution in [0.4, 0.5) is 15.9 Å². The third-order valence-corrected chi connectivity index (χ3v) is 4.78. The zero-order chi connectivity index (χ0) is 19.3. The van der Waals surface area contributed by atoms with Crippen molar-refractivity contribution >= 4 is 17.4 Å². The molecule has 0 saturated heterocycles. The lowest BCUT2D eigenvalue weighted by atomic mass is 10.2. The van der Waals surface area contributed by atoms with Crippen molar-refractivity contribution in [3.8, 4) is 11.4 Å². The molecule has 142 valence electrons. The Balaban J connectivity index is 1.65. The second-order valence-electron chi connectivity index (χ2n) is 6.92. The Morgan fingerprint density at radius 3 is 2.50 bits per heavy atom. The van der Waals surface area contributed by atoms with Gasteiger partial charge in [0.25, 0.3) is 5.91 Å². The van der Waals surface area contributed by atoms with Gasteiger partial charge < -0.3 is 10.6 Å². The maximum atomic E-state index is 13.4. The minimum Gasteiger partial charge on any atom is -0.367 e. The van der Waals surface area contributed by atoms with E-state index in [4.69, 9.17) is 0 Å². The highest BCUT2D eigenvalue weighted by Crippen LogP contribution is 2.24. The van der Waals surface area contributed by atoms with Crippen LogP contribution in [-0.2, 0) is 0 Å². The number of carbonyl (C=O) groups excluding carboxylic acids is 1. The molecule has 0 aliphatic heterocycles. The lowest BCUT2D eigenvalue weighted by Crippen LogP contribution is -2.19. The number of nitrogens with zero attached hydrogens (tertiary/aromatic N) is 2. The van der Waals surface area contributed by atoms with E-state index in [1.807, 2.05) is 30.3 Å². The summed E-state index contributed by atoms with van der Waals surface area (Å²) in [4.78, 5) is 21.8. The van der Waals surface area contributed by atoms with E-state index in [0.29, 0.717) is 23.4 Å². The Hall–Kier alpha value is -3.28. The number of halogens is 1. The van der Waals surface area contributed by atoms with Gasteiger partial charge in [-0.2, -0.15) is 0 Å². The summed E-state index contributed by atoms with van der Waals surface area (Å²) in [6.07, 6.45) is 4.58. The van der Waals surface area contributed by atoms with Crippen LogP contribution >= 0.6 is 0 Å². The molecule has 1 amide bonds. The molecular formula is C22H21FN4O. The fraction of sp³-hybridized carbons (Fsp3) is 0.227. The van der Waals surface area contributed by atoms with Gasteiger partial charge in [-0.1, -0.05) is 49.2 Å². The molecule has 1 aliphatic carbocycles. The third kappa shape index (κ3) is 4.34. The van der Waals surface area contributed by atoms with Gasteiger partial charge >= 0.3 is 0 Å². The molecular weight excluding hydrogens is 355 g/mol. The monoisotopic (exact) mass is 376 g/mol. The number of anilines is 2. The summed E-state index contributed by atoms with van der Waals surface area (Å²) in [7, 11) is 0. The van der Waals surface area contributed by atoms with E-state index >= 15 is 0 Å². The molecule has 1 fully saturated rings. The van der Waals surface area contributed by atoms with Crippen LogP contribution in [0.2, 0.25) is 0 Å². The first-order valence-corrected chi connectivity index (χ1v) is 9.45. The van der Waals surface area contributed by atoms with Crippen LogP contribution in [0.3, 0.4) is 0 Å². The Morgan fingerprint density at radius 1 is 0.964 bits per heavy atom. The molecule has 6 heteroatoms. The van der Waals surface area contributed by atoms with Crippen molar-refractivity contribution in [1.29, 1.82) is 0 Å². The third-order valence-electron chi connectivity index (χ3n) is 4.78. The van der Waals surface area contributed by atoms with Crippen molar-refractivity contribution in [3.05, 3.63) is 72.2 Å². The van der Waals surface area contributed by atoms with Gasteiger partial charge in [-0.15, -0.1) is 0 Å². The molecule has 5 nitrogen and oxygen atoms in total. The first-order chi connectivity index (χ1) is 13.7. The molecule has 1 heterocycles. The highest BCUT2D eigenvalue weighted by atomic mass is 19.1. The van der Waals surface area contributed by atoms with Gasteiger partial charge in [-0.25, -0.2) is 14.4 Å². The van der Waals surface area contributed by atoms with Gasteiger partial charge in [0, 0.05) is 23.4 Å². The normalized spacial score (nSPS) is 14.0. The smallest absolute Gasteiger partial charge is 0.274 e. The Labute approximate surface area is 163 Å². The fourth-order valence-corrected chi connectivity index (χ4v) is 3.39. The van der Waals surface area contributed by atoms with Gasteiger partial charge in [0.05, 0.1) is 0 Å². The second kappa shape index (κ2) is 8.17. The molecule has 2 aromatic carbocycles. The van der Waals surface area contributed by atoms with Crippen LogP contribution in [0.1, 0.15) is 36.2 Å². The van der Waals surface area contributed by atoms with Crippen molar-refractivity contribution in [2.75, 3.05) is 10.6 Å². The number of hydrogen-bond acceptors (Lipinski definition) is 4. The molecule has 0 radical (unpaired) electrons. The van der Waals surface area contributed by atoms with Crippen LogP contribution in [0.15, 0.2) is 60.7 Å². The van der Waals surface area contributed by atoms with E-state index in [2.05, 4.69) is 20.6 Å². The SMILES string of the molecule is O=C(Nc1cccc(F)c1)c1cc(NC2CCCC2)nc(-c2ccccc2)n1. The predicted molar refractivity (Wildman–Crippen MR) is 108 cm³/mol. The van der Waals surface area contributed by atoms with Gasteiger partial charge in [-0.3, -0.25) is 4.79 Å². The quantitative estimate of drug-likeness (QED) is 0.665. The number of rotatable bonds is 5. The molecule has 28 heavy (non-hydrogen) atoms. The fourth-order valence-electron chi connectivity index (χ4n) is 3.39. The first-order valence-electron chi connectivity index (χ1n) is 9.45. The molecule has 0 spiro atoms. The topological polar surface area (TPSA) is 66.9 Å². The van der Waals surface area contributed by atoms with E-state index in [0.717, 1.165) is 18.4 Å². The van der Waals surface area contributed by atoms with Crippen LogP contribution < -0.4 is 10.6 Å². The Morgan fingerprint density at radius 2 is 1.75 bits per heavy atom. The zero-order valence-corrected chi connectivity index (χ0v) is 15.4. The maximum Gasteiger partial charge on any atom is 0.274 e. The molecule has 1 aromatic heterocycles. The van der Waals surface area contributed by atoms with E-state index < -0.39 is 11.7 Å². The molecule has 1 saturated carbocycles. The summed E-state index contributed by atoms with van der Waals surface area (Å²) in [6, 6.07) is 17.3. The minimum absolute atomic E-state index is 0.235. The summed E-state index contributed by atoms with van der Waals surface area (Å²) in [5, 5.41) is 6.13. The molecule has 0 atom stereocenters. The summed E-state index contributed by atoms with van der Waals surface area (Å²) >= 11 is 0. The molecule has 3 aromatic rings. The van der Waals surface area contributed by atoms with E-state index in [-0.39, 0.29) is 5.69 Å². The van der Waals surface area contributed by atoms with Gasteiger partial charge in [0.2, 0.25) is 0 Å². The van der Waals surface area contributed by atoms with Crippen LogP contribution in [0.25, 0.3) is 11.4 Å². The summed E-state index contributed by atoms with van der Waals surface area (Å²) in [5.41, 5.74) is 1.45. The van der Waals surface area contributed by atoms with Crippen LogP contribution in [0.5, 0.6) is 0 Å². The maximum absolute atomic E-state index is 13.4. The Bertz CT molecular complexity index is 971. The summed E-state index contributed by atoms with van der Waals surface area (Å²) < 4.78 is 13.4. The highest BCUT2D eigenvalue weighted by molar-refractivity contribution is 6.03. The van der Waals surface area contributed by atoms with Crippen molar-refractivity contribution in [2.24, 2.45) is 0 Å². The van der Waals surface area contributed by atoms with E-state index in [1.165, 1.54) is 25.0 Å². The predicted octanol–water partition coefficient (Wildman–Crippen LogP) is 4.89. The average molecular weight is 376 g/mol. The van der Waals surface area contributed by atoms with Crippen LogP contribution in [0, 0.1) is 5.82 Å². The van der Waals surface area contributed by atoms with Gasteiger partial charge in [-0.05, 0) is 31.0 Å². The minimum atomic E-state index is -0.408. The van der Waals surface area contributed by atoms with Crippen LogP contribution in [-0.4, -0.2) is 21.9 Å². The number of carbonyl (C=O) groups is 1.